The summed E-state index contributed by atoms with van der Waals surface area (Å²) in [7, 11) is 0. The van der Waals surface area contributed by atoms with Crippen LogP contribution in [0.3, 0.4) is 0 Å². The Kier molecular flexibility index (Phi) is 4.97. The van der Waals surface area contributed by atoms with Crippen molar-refractivity contribution >= 4 is 5.91 Å². The molecule has 4 nitrogen and oxygen atoms in total. The minimum absolute atomic E-state index is 0.225. The molecule has 1 rings (SSSR count). The van der Waals surface area contributed by atoms with Crippen LogP contribution in [-0.2, 0) is 4.79 Å². The van der Waals surface area contributed by atoms with E-state index < -0.39 is 12.0 Å². The minimum Gasteiger partial charge on any atom is -0.492 e. The molecule has 0 radical (unpaired) electrons. The van der Waals surface area contributed by atoms with E-state index in [9.17, 15) is 9.90 Å². The number of primary amides is 1. The molecule has 2 atom stereocenters. The first-order chi connectivity index (χ1) is 8.06. The highest BCUT2D eigenvalue weighted by Crippen LogP contribution is 2.27. The van der Waals surface area contributed by atoms with Gasteiger partial charge in [0.25, 0.3) is 0 Å². The molecule has 3 N–H and O–H groups in total. The Labute approximate surface area is 101 Å². The summed E-state index contributed by atoms with van der Waals surface area (Å²) in [5.41, 5.74) is 5.90. The van der Waals surface area contributed by atoms with E-state index in [2.05, 4.69) is 0 Å². The highest BCUT2D eigenvalue weighted by atomic mass is 16.5. The lowest BCUT2D eigenvalue weighted by atomic mass is 10.1. The number of para-hydroxylation sites is 1. The van der Waals surface area contributed by atoms with Crippen LogP contribution in [0.25, 0.3) is 0 Å². The van der Waals surface area contributed by atoms with Gasteiger partial charge in [-0.1, -0.05) is 32.0 Å². The van der Waals surface area contributed by atoms with Gasteiger partial charge in [-0.05, 0) is 12.5 Å². The van der Waals surface area contributed by atoms with E-state index >= 15 is 0 Å². The van der Waals surface area contributed by atoms with Gasteiger partial charge in [-0.2, -0.15) is 0 Å². The average Bonchev–Trinajstić information content (AvgIpc) is 2.35. The second kappa shape index (κ2) is 6.25. The fraction of sp³-hybridized carbons (Fsp3) is 0.462. The zero-order chi connectivity index (χ0) is 12.8. The lowest BCUT2D eigenvalue weighted by molar-refractivity contribution is -0.122. The van der Waals surface area contributed by atoms with Crippen LogP contribution in [0, 0.1) is 5.92 Å². The first-order valence-electron chi connectivity index (χ1n) is 5.75. The molecule has 1 aromatic carbocycles. The summed E-state index contributed by atoms with van der Waals surface area (Å²) in [5.74, 6) is -0.129. The van der Waals surface area contributed by atoms with Crippen molar-refractivity contribution in [1.29, 1.82) is 0 Å². The van der Waals surface area contributed by atoms with Crippen molar-refractivity contribution in [2.45, 2.75) is 26.4 Å². The van der Waals surface area contributed by atoms with Crippen molar-refractivity contribution in [3.8, 4) is 5.75 Å². The van der Waals surface area contributed by atoms with Gasteiger partial charge in [-0.15, -0.1) is 0 Å². The van der Waals surface area contributed by atoms with E-state index in [1.807, 2.05) is 25.1 Å². The van der Waals surface area contributed by atoms with E-state index in [1.54, 1.807) is 13.0 Å². The lowest BCUT2D eigenvalue weighted by Crippen LogP contribution is -2.26. The Bertz CT molecular complexity index is 379. The molecule has 0 aliphatic rings. The Morgan fingerprint density at radius 3 is 2.71 bits per heavy atom. The van der Waals surface area contributed by atoms with Crippen molar-refractivity contribution < 1.29 is 14.6 Å². The molecule has 4 heteroatoms. The maximum atomic E-state index is 10.9. The fourth-order valence-corrected chi connectivity index (χ4v) is 1.40. The number of aliphatic hydroxyl groups is 1. The van der Waals surface area contributed by atoms with Gasteiger partial charge in [0.05, 0.1) is 18.6 Å². The molecule has 0 aromatic heterocycles. The first kappa shape index (κ1) is 13.5. The molecule has 1 aromatic rings. The number of hydrogen-bond acceptors (Lipinski definition) is 3. The van der Waals surface area contributed by atoms with Gasteiger partial charge >= 0.3 is 0 Å². The Morgan fingerprint density at radius 1 is 1.47 bits per heavy atom. The van der Waals surface area contributed by atoms with Crippen LogP contribution in [0.2, 0.25) is 0 Å². The van der Waals surface area contributed by atoms with Gasteiger partial charge in [-0.3, -0.25) is 4.79 Å². The Hall–Kier alpha value is -1.55. The summed E-state index contributed by atoms with van der Waals surface area (Å²) in [6.07, 6.45) is 0.0706. The largest absolute Gasteiger partial charge is 0.492 e. The zero-order valence-electron chi connectivity index (χ0n) is 10.2. The van der Waals surface area contributed by atoms with Crippen molar-refractivity contribution in [3.05, 3.63) is 29.8 Å². The summed E-state index contributed by atoms with van der Waals surface area (Å²) in [6, 6.07) is 7.27. The van der Waals surface area contributed by atoms with E-state index in [0.717, 1.165) is 5.56 Å². The third kappa shape index (κ3) is 3.75. The van der Waals surface area contributed by atoms with Crippen molar-refractivity contribution in [2.75, 3.05) is 6.61 Å². The zero-order valence-corrected chi connectivity index (χ0v) is 10.2. The monoisotopic (exact) mass is 237 g/mol. The maximum Gasteiger partial charge on any atom is 0.223 e. The van der Waals surface area contributed by atoms with Crippen LogP contribution in [-0.4, -0.2) is 17.6 Å². The number of nitrogens with two attached hydrogens (primary N) is 1. The minimum atomic E-state index is -0.546. The summed E-state index contributed by atoms with van der Waals surface area (Å²) in [4.78, 5) is 10.9. The SMILES string of the molecule is CC[C@H](O)c1ccccc1OCC(C)C(N)=O. The van der Waals surface area contributed by atoms with Gasteiger partial charge in [0.1, 0.15) is 5.75 Å². The number of hydrogen-bond donors (Lipinski definition) is 2. The van der Waals surface area contributed by atoms with Gasteiger partial charge in [0.2, 0.25) is 5.91 Å². The third-order valence-electron chi connectivity index (χ3n) is 2.64. The van der Waals surface area contributed by atoms with Crippen LogP contribution in [0.4, 0.5) is 0 Å². The van der Waals surface area contributed by atoms with Crippen LogP contribution in [0.15, 0.2) is 24.3 Å². The van der Waals surface area contributed by atoms with Crippen molar-refractivity contribution in [2.24, 2.45) is 11.7 Å². The molecule has 1 unspecified atom stereocenters. The first-order valence-corrected chi connectivity index (χ1v) is 5.75. The number of aliphatic hydroxyl groups excluding tert-OH is 1. The van der Waals surface area contributed by atoms with Crippen LogP contribution < -0.4 is 10.5 Å². The number of carbonyl (C=O) groups excluding carboxylic acids is 1. The topological polar surface area (TPSA) is 72.6 Å². The number of carbonyl (C=O) groups is 1. The number of amides is 1. The van der Waals surface area contributed by atoms with E-state index in [-0.39, 0.29) is 12.5 Å². The predicted molar refractivity (Wildman–Crippen MR) is 65.5 cm³/mol. The van der Waals surface area contributed by atoms with Gasteiger partial charge in [0, 0.05) is 5.56 Å². The molecule has 0 aliphatic carbocycles. The maximum absolute atomic E-state index is 10.9. The Morgan fingerprint density at radius 2 is 2.12 bits per heavy atom. The standard InChI is InChI=1S/C13H19NO3/c1-3-11(15)10-6-4-5-7-12(10)17-8-9(2)13(14)16/h4-7,9,11,15H,3,8H2,1-2H3,(H2,14,16)/t9?,11-/m0/s1. The molecule has 0 aliphatic heterocycles. The normalized spacial score (nSPS) is 14.1. The number of rotatable bonds is 6. The molecule has 1 amide bonds. The van der Waals surface area contributed by atoms with Gasteiger partial charge in [0.15, 0.2) is 0 Å². The molecule has 0 spiro atoms. The number of benzene rings is 1. The number of ether oxygens (including phenoxy) is 1. The van der Waals surface area contributed by atoms with Crippen LogP contribution in [0.5, 0.6) is 5.75 Å². The molecule has 0 bridgehead atoms. The molecule has 94 valence electrons. The molecule has 17 heavy (non-hydrogen) atoms. The molecular weight excluding hydrogens is 218 g/mol. The second-order valence-electron chi connectivity index (χ2n) is 4.08. The van der Waals surface area contributed by atoms with E-state index in [1.165, 1.54) is 0 Å². The highest BCUT2D eigenvalue weighted by Gasteiger charge is 2.14. The molecular formula is C13H19NO3. The highest BCUT2D eigenvalue weighted by molar-refractivity contribution is 5.76. The summed E-state index contributed by atoms with van der Waals surface area (Å²) < 4.78 is 5.52. The van der Waals surface area contributed by atoms with E-state index in [0.29, 0.717) is 12.2 Å². The average molecular weight is 237 g/mol. The Balaban J connectivity index is 2.73. The van der Waals surface area contributed by atoms with Crippen molar-refractivity contribution in [1.82, 2.24) is 0 Å². The van der Waals surface area contributed by atoms with Crippen LogP contribution >= 0.6 is 0 Å². The summed E-state index contributed by atoms with van der Waals surface area (Å²) >= 11 is 0. The van der Waals surface area contributed by atoms with Gasteiger partial charge in [-0.25, -0.2) is 0 Å². The smallest absolute Gasteiger partial charge is 0.223 e. The third-order valence-corrected chi connectivity index (χ3v) is 2.64. The lowest BCUT2D eigenvalue weighted by Gasteiger charge is -2.16. The molecule has 0 heterocycles. The molecule has 0 saturated carbocycles. The molecule has 0 fully saturated rings. The van der Waals surface area contributed by atoms with Crippen molar-refractivity contribution in [3.63, 3.8) is 0 Å². The quantitative estimate of drug-likeness (QED) is 0.789. The van der Waals surface area contributed by atoms with Crippen LogP contribution in [0.1, 0.15) is 31.9 Å². The second-order valence-corrected chi connectivity index (χ2v) is 4.08. The fourth-order valence-electron chi connectivity index (χ4n) is 1.40. The van der Waals surface area contributed by atoms with Gasteiger partial charge < -0.3 is 15.6 Å². The molecule has 0 saturated heterocycles. The van der Waals surface area contributed by atoms with E-state index in [4.69, 9.17) is 10.5 Å². The predicted octanol–water partition coefficient (Wildman–Crippen LogP) is 1.63. The summed E-state index contributed by atoms with van der Waals surface area (Å²) in [6.45, 7) is 3.83. The summed E-state index contributed by atoms with van der Waals surface area (Å²) in [5, 5.41) is 9.81.